The summed E-state index contributed by atoms with van der Waals surface area (Å²) in [6, 6.07) is 5.84. The Bertz CT molecular complexity index is 259. The van der Waals surface area contributed by atoms with Crippen molar-refractivity contribution in [3.8, 4) is 5.75 Å². The Labute approximate surface area is 65.6 Å². The molecule has 4 nitrogen and oxygen atoms in total. The van der Waals surface area contributed by atoms with Crippen LogP contribution in [-0.2, 0) is 0 Å². The fraction of sp³-hybridized carbons (Fsp3) is 0. The van der Waals surface area contributed by atoms with Crippen LogP contribution in [0.15, 0.2) is 24.3 Å². The summed E-state index contributed by atoms with van der Waals surface area (Å²) in [4.78, 5) is 9.71. The number of nitrogens with zero attached hydrogens (tertiary/aromatic N) is 1. The van der Waals surface area contributed by atoms with Crippen LogP contribution in [0.2, 0.25) is 0 Å². The van der Waals surface area contributed by atoms with Gasteiger partial charge in [-0.2, -0.15) is 0 Å². The molecule has 0 saturated carbocycles. The Balaban J connectivity index is 2.91. The second-order valence-electron chi connectivity index (χ2n) is 1.87. The van der Waals surface area contributed by atoms with Gasteiger partial charge in [-0.25, -0.2) is 0 Å². The first kappa shape index (κ1) is 7.95. The molecule has 0 aromatic heterocycles. The highest BCUT2D eigenvalue weighted by atomic mass is 31.0. The highest BCUT2D eigenvalue weighted by Gasteiger charge is 2.02. The Morgan fingerprint density at radius 3 is 2.27 bits per heavy atom. The van der Waals surface area contributed by atoms with Crippen LogP contribution in [0.4, 0.5) is 5.69 Å². The van der Waals surface area contributed by atoms with E-state index in [1.54, 1.807) is 0 Å². The molecule has 0 aliphatic carbocycles. The maximum absolute atomic E-state index is 10.2. The van der Waals surface area contributed by atoms with Gasteiger partial charge in [0.1, 0.15) is 5.75 Å². The Kier molecular flexibility index (Phi) is 2.39. The van der Waals surface area contributed by atoms with Gasteiger partial charge in [-0.15, -0.1) is 0 Å². The molecular formula is C6H6NO3P. The molecule has 1 atom stereocenters. The van der Waals surface area contributed by atoms with Crippen molar-refractivity contribution in [2.24, 2.45) is 0 Å². The normalized spacial score (nSPS) is 9.18. The van der Waals surface area contributed by atoms with E-state index >= 15 is 0 Å². The molecule has 0 spiro atoms. The number of benzene rings is 1. The fourth-order valence-electron chi connectivity index (χ4n) is 0.646. The lowest BCUT2D eigenvalue weighted by molar-refractivity contribution is -0.384. The molecule has 1 aromatic rings. The van der Waals surface area contributed by atoms with E-state index in [4.69, 9.17) is 4.52 Å². The van der Waals surface area contributed by atoms with Crippen molar-refractivity contribution in [1.29, 1.82) is 0 Å². The van der Waals surface area contributed by atoms with Crippen LogP contribution in [-0.4, -0.2) is 4.92 Å². The van der Waals surface area contributed by atoms with E-state index in [0.29, 0.717) is 5.75 Å². The summed E-state index contributed by atoms with van der Waals surface area (Å²) >= 11 is 0. The zero-order chi connectivity index (χ0) is 8.27. The van der Waals surface area contributed by atoms with E-state index in [9.17, 15) is 10.1 Å². The number of nitro groups is 1. The standard InChI is InChI=1S/C6H6NO3P/c8-7(9)5-1-3-6(10-11)4-2-5/h1-4H,11H2. The molecule has 1 rings (SSSR count). The van der Waals surface area contributed by atoms with Crippen molar-refractivity contribution in [3.63, 3.8) is 0 Å². The van der Waals surface area contributed by atoms with Gasteiger partial charge in [0.25, 0.3) is 5.69 Å². The van der Waals surface area contributed by atoms with Gasteiger partial charge >= 0.3 is 0 Å². The highest BCUT2D eigenvalue weighted by Crippen LogP contribution is 2.18. The quantitative estimate of drug-likeness (QED) is 0.387. The third-order valence-electron chi connectivity index (χ3n) is 1.18. The molecule has 58 valence electrons. The van der Waals surface area contributed by atoms with Crippen molar-refractivity contribution < 1.29 is 9.45 Å². The first-order valence-corrected chi connectivity index (χ1v) is 3.32. The van der Waals surface area contributed by atoms with E-state index in [2.05, 4.69) is 9.47 Å². The highest BCUT2D eigenvalue weighted by molar-refractivity contribution is 7.10. The molecule has 0 bridgehead atoms. The van der Waals surface area contributed by atoms with Gasteiger partial charge in [0.2, 0.25) is 0 Å². The van der Waals surface area contributed by atoms with Crippen LogP contribution in [0.25, 0.3) is 0 Å². The molecule has 11 heavy (non-hydrogen) atoms. The molecular weight excluding hydrogens is 165 g/mol. The average molecular weight is 171 g/mol. The maximum Gasteiger partial charge on any atom is 0.269 e. The molecule has 0 aliphatic heterocycles. The first-order valence-electron chi connectivity index (χ1n) is 2.85. The van der Waals surface area contributed by atoms with Crippen LogP contribution in [0.1, 0.15) is 0 Å². The van der Waals surface area contributed by atoms with Gasteiger partial charge in [-0.05, 0) is 12.1 Å². The minimum absolute atomic E-state index is 0.0656. The molecule has 1 unspecified atom stereocenters. The van der Waals surface area contributed by atoms with Gasteiger partial charge in [0, 0.05) is 12.1 Å². The van der Waals surface area contributed by atoms with Crippen LogP contribution in [0, 0.1) is 10.1 Å². The monoisotopic (exact) mass is 171 g/mol. The Morgan fingerprint density at radius 1 is 1.36 bits per heavy atom. The van der Waals surface area contributed by atoms with E-state index in [0.717, 1.165) is 0 Å². The molecule has 5 heteroatoms. The number of hydrogen-bond acceptors (Lipinski definition) is 3. The van der Waals surface area contributed by atoms with Gasteiger partial charge in [-0.3, -0.25) is 10.1 Å². The van der Waals surface area contributed by atoms with Crippen LogP contribution < -0.4 is 4.52 Å². The number of rotatable bonds is 2. The molecule has 0 radical (unpaired) electrons. The molecule has 0 amide bonds. The van der Waals surface area contributed by atoms with Crippen LogP contribution in [0.3, 0.4) is 0 Å². The zero-order valence-electron chi connectivity index (χ0n) is 5.56. The lowest BCUT2D eigenvalue weighted by Crippen LogP contribution is -1.86. The van der Waals surface area contributed by atoms with Crippen LogP contribution >= 0.6 is 9.47 Å². The second-order valence-corrected chi connectivity index (χ2v) is 2.10. The summed E-state index contributed by atoms with van der Waals surface area (Å²) in [6.07, 6.45) is 0. The molecule has 0 N–H and O–H groups in total. The fourth-order valence-corrected chi connectivity index (χ4v) is 0.804. The summed E-state index contributed by atoms with van der Waals surface area (Å²) in [6.45, 7) is 0. The largest absolute Gasteiger partial charge is 0.480 e. The zero-order valence-corrected chi connectivity index (χ0v) is 6.71. The van der Waals surface area contributed by atoms with Gasteiger partial charge in [0.15, 0.2) is 0 Å². The lowest BCUT2D eigenvalue weighted by Gasteiger charge is -1.95. The van der Waals surface area contributed by atoms with Gasteiger partial charge < -0.3 is 4.52 Å². The topological polar surface area (TPSA) is 52.4 Å². The summed E-state index contributed by atoms with van der Waals surface area (Å²) in [5.74, 6) is 0.584. The molecule has 0 aliphatic rings. The summed E-state index contributed by atoms with van der Waals surface area (Å²) in [5.41, 5.74) is 0.0656. The van der Waals surface area contributed by atoms with Crippen molar-refractivity contribution in [1.82, 2.24) is 0 Å². The van der Waals surface area contributed by atoms with E-state index in [-0.39, 0.29) is 5.69 Å². The molecule has 0 fully saturated rings. The van der Waals surface area contributed by atoms with E-state index in [1.807, 2.05) is 0 Å². The molecule has 1 aromatic carbocycles. The maximum atomic E-state index is 10.2. The predicted octanol–water partition coefficient (Wildman–Crippen LogP) is 1.76. The summed E-state index contributed by atoms with van der Waals surface area (Å²) in [7, 11) is 2.06. The summed E-state index contributed by atoms with van der Waals surface area (Å²) < 4.78 is 4.74. The lowest BCUT2D eigenvalue weighted by atomic mass is 10.3. The van der Waals surface area contributed by atoms with Crippen molar-refractivity contribution in [2.45, 2.75) is 0 Å². The van der Waals surface area contributed by atoms with Gasteiger partial charge in [0.05, 0.1) is 14.4 Å². The average Bonchev–Trinajstić information content (AvgIpc) is 2.05. The minimum atomic E-state index is -0.452. The third kappa shape index (κ3) is 1.88. The summed E-state index contributed by atoms with van der Waals surface area (Å²) in [5, 5.41) is 10.2. The second kappa shape index (κ2) is 3.30. The first-order chi connectivity index (χ1) is 5.24. The third-order valence-corrected chi connectivity index (χ3v) is 1.46. The van der Waals surface area contributed by atoms with Crippen molar-refractivity contribution >= 4 is 15.2 Å². The minimum Gasteiger partial charge on any atom is -0.480 e. The molecule has 0 saturated heterocycles. The number of nitro benzene ring substituents is 1. The smallest absolute Gasteiger partial charge is 0.269 e. The van der Waals surface area contributed by atoms with E-state index in [1.165, 1.54) is 24.3 Å². The van der Waals surface area contributed by atoms with Gasteiger partial charge in [-0.1, -0.05) is 0 Å². The van der Waals surface area contributed by atoms with E-state index < -0.39 is 4.92 Å². The SMILES string of the molecule is O=[N+]([O-])c1ccc(OP)cc1. The van der Waals surface area contributed by atoms with Crippen molar-refractivity contribution in [2.75, 3.05) is 0 Å². The molecule has 0 heterocycles. The Morgan fingerprint density at radius 2 is 1.91 bits per heavy atom. The predicted molar refractivity (Wildman–Crippen MR) is 43.4 cm³/mol. The number of non-ortho nitro benzene ring substituents is 1. The number of hydrogen-bond donors (Lipinski definition) is 0. The Hall–Kier alpha value is -1.15. The van der Waals surface area contributed by atoms with Crippen LogP contribution in [0.5, 0.6) is 5.75 Å². The van der Waals surface area contributed by atoms with Crippen molar-refractivity contribution in [3.05, 3.63) is 34.4 Å².